The van der Waals surface area contributed by atoms with Gasteiger partial charge in [-0.1, -0.05) is 6.07 Å². The lowest BCUT2D eigenvalue weighted by molar-refractivity contribution is -0.0590. The van der Waals surface area contributed by atoms with Gasteiger partial charge < -0.3 is 28.9 Å². The first-order valence-corrected chi connectivity index (χ1v) is 15.6. The summed E-state index contributed by atoms with van der Waals surface area (Å²) in [6.07, 6.45) is 5.94. The average molecular weight is 614 g/mol. The van der Waals surface area contributed by atoms with E-state index in [-0.39, 0.29) is 41.9 Å². The number of rotatable bonds is 7. The number of fused-ring (bicyclic) bond motifs is 2. The number of likely N-dealkylation sites (tertiary alicyclic amines) is 1. The first kappa shape index (κ1) is 28.1. The van der Waals surface area contributed by atoms with Crippen molar-refractivity contribution in [1.29, 1.82) is 0 Å². The molecular formula is C33H36FN7O4. The van der Waals surface area contributed by atoms with Gasteiger partial charge in [0.2, 0.25) is 5.96 Å². The summed E-state index contributed by atoms with van der Waals surface area (Å²) in [6.45, 7) is 3.40. The quantitative estimate of drug-likeness (QED) is 0.321. The molecule has 1 N–H and O–H groups in total. The van der Waals surface area contributed by atoms with Gasteiger partial charge in [-0.05, 0) is 67.0 Å². The molecule has 1 saturated carbocycles. The molecule has 12 heteroatoms. The minimum absolute atomic E-state index is 0.0478. The molecule has 1 aliphatic carbocycles. The number of imidazole rings is 1. The molecule has 234 valence electrons. The molecule has 2 saturated heterocycles. The number of piperidine rings is 1. The molecule has 3 aliphatic heterocycles. The van der Waals surface area contributed by atoms with Crippen LogP contribution in [0.4, 0.5) is 4.39 Å². The molecule has 8 rings (SSSR count). The van der Waals surface area contributed by atoms with Crippen LogP contribution in [0, 0.1) is 5.41 Å². The third-order valence-electron chi connectivity index (χ3n) is 10.1. The van der Waals surface area contributed by atoms with E-state index in [2.05, 4.69) is 19.6 Å². The van der Waals surface area contributed by atoms with Gasteiger partial charge in [-0.3, -0.25) is 4.68 Å². The van der Waals surface area contributed by atoms with Gasteiger partial charge in [0.05, 0.1) is 47.5 Å². The number of hydrogen-bond acceptors (Lipinski definition) is 8. The summed E-state index contributed by atoms with van der Waals surface area (Å²) in [4.78, 5) is 25.5. The number of likely N-dealkylation sites (N-methyl/N-ethyl adjacent to an activating group) is 1. The Hall–Kier alpha value is -4.45. The number of carboxylic acid groups (broad SMARTS) is 1. The van der Waals surface area contributed by atoms with Crippen LogP contribution in [0.1, 0.15) is 53.3 Å². The van der Waals surface area contributed by atoms with Gasteiger partial charge in [0, 0.05) is 45.1 Å². The van der Waals surface area contributed by atoms with Crippen molar-refractivity contribution in [3.63, 3.8) is 0 Å². The highest BCUT2D eigenvalue weighted by Gasteiger charge is 2.58. The molecule has 11 nitrogen and oxygen atoms in total. The molecule has 1 spiro atoms. The molecule has 1 unspecified atom stereocenters. The number of nitrogens with zero attached hydrogens (tertiary/aromatic N) is 7. The molecule has 0 radical (unpaired) electrons. The van der Waals surface area contributed by atoms with Gasteiger partial charge in [-0.2, -0.15) is 10.1 Å². The number of carboxylic acids is 1. The number of benzene rings is 2. The zero-order valence-electron chi connectivity index (χ0n) is 25.4. The van der Waals surface area contributed by atoms with E-state index in [1.54, 1.807) is 12.1 Å². The van der Waals surface area contributed by atoms with Gasteiger partial charge in [0.15, 0.2) is 5.83 Å². The van der Waals surface area contributed by atoms with Crippen molar-refractivity contribution in [1.82, 2.24) is 29.1 Å². The number of hydrogen-bond donors (Lipinski definition) is 1. The lowest BCUT2D eigenvalue weighted by atomic mass is 9.90. The fraction of sp³-hybridized carbons (Fsp3) is 0.455. The average Bonchev–Trinajstić information content (AvgIpc) is 3.38. The molecule has 4 aromatic rings. The summed E-state index contributed by atoms with van der Waals surface area (Å²) < 4.78 is 30.7. The monoisotopic (exact) mass is 613 g/mol. The normalized spacial score (nSPS) is 22.7. The Morgan fingerprint density at radius 2 is 1.98 bits per heavy atom. The van der Waals surface area contributed by atoms with E-state index in [1.165, 1.54) is 0 Å². The van der Waals surface area contributed by atoms with Crippen molar-refractivity contribution in [3.8, 4) is 0 Å². The van der Waals surface area contributed by atoms with Crippen molar-refractivity contribution in [3.05, 3.63) is 71.3 Å². The minimum atomic E-state index is -0.938. The van der Waals surface area contributed by atoms with Crippen molar-refractivity contribution in [2.75, 3.05) is 33.3 Å². The molecule has 2 aromatic heterocycles. The third-order valence-corrected chi connectivity index (χ3v) is 10.1. The number of ether oxygens (including phenoxy) is 2. The highest BCUT2D eigenvalue weighted by atomic mass is 19.1. The number of carbonyl (C=O) groups is 1. The Kier molecular flexibility index (Phi) is 6.59. The highest BCUT2D eigenvalue weighted by Crippen LogP contribution is 2.65. The van der Waals surface area contributed by atoms with Crippen LogP contribution in [-0.2, 0) is 29.7 Å². The summed E-state index contributed by atoms with van der Waals surface area (Å²) >= 11 is 0. The number of guanidine groups is 1. The Balaban J connectivity index is 0.971. The van der Waals surface area contributed by atoms with Crippen LogP contribution in [0.15, 0.2) is 59.3 Å². The largest absolute Gasteiger partial charge is 0.478 e. The zero-order chi connectivity index (χ0) is 30.9. The van der Waals surface area contributed by atoms with Crippen molar-refractivity contribution >= 4 is 33.9 Å². The van der Waals surface area contributed by atoms with Gasteiger partial charge in [0.1, 0.15) is 12.4 Å². The topological polar surface area (TPSA) is 110 Å². The Morgan fingerprint density at radius 3 is 2.73 bits per heavy atom. The van der Waals surface area contributed by atoms with Crippen LogP contribution in [0.25, 0.3) is 21.9 Å². The predicted octanol–water partition coefficient (Wildman–Crippen LogP) is 4.64. The third kappa shape index (κ3) is 4.91. The van der Waals surface area contributed by atoms with E-state index in [1.807, 2.05) is 54.1 Å². The van der Waals surface area contributed by atoms with Crippen molar-refractivity contribution in [2.45, 2.75) is 50.9 Å². The second-order valence-corrected chi connectivity index (χ2v) is 12.9. The summed E-state index contributed by atoms with van der Waals surface area (Å²) in [7, 11) is 3.77. The fourth-order valence-corrected chi connectivity index (χ4v) is 7.24. The standard InChI is InChI=1S/C33H36FN7O4/c1-38-18-25(34)30(45-19-20-3-6-27-22(13-20)16-35-39(27)2)37-32(38)40-10-8-33(9-11-40)15-24(33)29-36-26-5-4-21(31(42)43)14-28(26)41(29)17-23-7-12-44-23/h3-6,13-14,16,23-24H,7-12,15,17-19H2,1-2H3,(H,42,43)/t23-,24?/m0/s1. The molecule has 5 heterocycles. The number of halogens is 1. The molecular weight excluding hydrogens is 577 g/mol. The maximum absolute atomic E-state index is 15.0. The number of aliphatic imine (C=N–C) groups is 1. The SMILES string of the molecule is CN1CC(F)=C(OCc2ccc3c(cnn3C)c2)N=C1N1CCC2(CC1)CC2c1nc2ccc(C(=O)O)cc2n1C[C@@H]1CCO1. The molecule has 2 atom stereocenters. The number of aryl methyl sites for hydroxylation is 1. The van der Waals surface area contributed by atoms with Crippen LogP contribution in [-0.4, -0.2) is 85.6 Å². The lowest BCUT2D eigenvalue weighted by Gasteiger charge is -2.39. The van der Waals surface area contributed by atoms with Gasteiger partial charge in [-0.25, -0.2) is 14.2 Å². The smallest absolute Gasteiger partial charge is 0.335 e. The molecule has 2 aromatic carbocycles. The number of aromatic nitrogens is 4. The van der Waals surface area contributed by atoms with Crippen LogP contribution in [0.5, 0.6) is 0 Å². The van der Waals surface area contributed by atoms with E-state index >= 15 is 4.39 Å². The second-order valence-electron chi connectivity index (χ2n) is 12.9. The maximum Gasteiger partial charge on any atom is 0.335 e. The van der Waals surface area contributed by atoms with E-state index in [0.29, 0.717) is 12.5 Å². The van der Waals surface area contributed by atoms with Crippen LogP contribution in [0.3, 0.4) is 0 Å². The van der Waals surface area contributed by atoms with Crippen LogP contribution < -0.4 is 0 Å². The molecule has 0 amide bonds. The first-order chi connectivity index (χ1) is 21.8. The Morgan fingerprint density at radius 1 is 1.16 bits per heavy atom. The summed E-state index contributed by atoms with van der Waals surface area (Å²) in [6, 6.07) is 11.2. The lowest BCUT2D eigenvalue weighted by Crippen LogP contribution is -2.48. The second kappa shape index (κ2) is 10.6. The van der Waals surface area contributed by atoms with E-state index < -0.39 is 5.97 Å². The van der Waals surface area contributed by atoms with E-state index in [4.69, 9.17) is 14.5 Å². The summed E-state index contributed by atoms with van der Waals surface area (Å²) in [5.74, 6) is 0.809. The molecule has 0 bridgehead atoms. The zero-order valence-corrected chi connectivity index (χ0v) is 25.4. The molecule has 3 fully saturated rings. The Bertz CT molecular complexity index is 1880. The Labute approximate surface area is 259 Å². The van der Waals surface area contributed by atoms with Crippen LogP contribution >= 0.6 is 0 Å². The van der Waals surface area contributed by atoms with E-state index in [9.17, 15) is 9.90 Å². The van der Waals surface area contributed by atoms with Crippen molar-refractivity contribution < 1.29 is 23.8 Å². The van der Waals surface area contributed by atoms with Crippen molar-refractivity contribution in [2.24, 2.45) is 17.5 Å². The molecule has 4 aliphatic rings. The van der Waals surface area contributed by atoms with Gasteiger partial charge >= 0.3 is 5.97 Å². The predicted molar refractivity (Wildman–Crippen MR) is 165 cm³/mol. The molecule has 45 heavy (non-hydrogen) atoms. The highest BCUT2D eigenvalue weighted by molar-refractivity contribution is 5.92. The maximum atomic E-state index is 15.0. The van der Waals surface area contributed by atoms with E-state index in [0.717, 1.165) is 84.7 Å². The van der Waals surface area contributed by atoms with Gasteiger partial charge in [0.25, 0.3) is 5.88 Å². The fourth-order valence-electron chi connectivity index (χ4n) is 7.24. The first-order valence-electron chi connectivity index (χ1n) is 15.6. The number of aromatic carboxylic acids is 1. The van der Waals surface area contributed by atoms with Crippen LogP contribution in [0.2, 0.25) is 0 Å². The minimum Gasteiger partial charge on any atom is -0.478 e. The van der Waals surface area contributed by atoms with Gasteiger partial charge in [-0.15, -0.1) is 0 Å². The summed E-state index contributed by atoms with van der Waals surface area (Å²) in [5, 5.41) is 14.9. The summed E-state index contributed by atoms with van der Waals surface area (Å²) in [5.41, 5.74) is 4.06.